The van der Waals surface area contributed by atoms with Gasteiger partial charge in [0.25, 0.3) is 0 Å². The van der Waals surface area contributed by atoms with Gasteiger partial charge in [0.05, 0.1) is 0 Å². The number of nitrogens with one attached hydrogen (secondary N) is 6. The summed E-state index contributed by atoms with van der Waals surface area (Å²) in [4.78, 5) is 58.2. The van der Waals surface area contributed by atoms with Crippen LogP contribution in [0.1, 0.15) is 98.5 Å². The van der Waals surface area contributed by atoms with Gasteiger partial charge in [-0.1, -0.05) is 73.9 Å². The van der Waals surface area contributed by atoms with E-state index in [1.165, 1.54) is 61.1 Å². The minimum absolute atomic E-state index is 0.167. The van der Waals surface area contributed by atoms with E-state index in [0.717, 1.165) is 36.0 Å². The second-order valence-electron chi connectivity index (χ2n) is 21.3. The summed E-state index contributed by atoms with van der Waals surface area (Å²) in [7, 11) is -32.0. The summed E-state index contributed by atoms with van der Waals surface area (Å²) in [6, 6.07) is 33.7. The first kappa shape index (κ1) is 82.6. The molecule has 35 heteroatoms. The molecule has 0 aliphatic heterocycles. The number of pyridine rings is 3. The Kier molecular flexibility index (Phi) is 26.5. The fourth-order valence-corrected chi connectivity index (χ4v) is 8.37. The molecule has 0 bridgehead atoms. The molecule has 3 heterocycles. The average Bonchev–Trinajstić information content (AvgIpc) is 0.897. The van der Waals surface area contributed by atoms with Crippen molar-refractivity contribution in [1.29, 1.82) is 0 Å². The molecule has 0 atom stereocenters. The average molecular weight is 1430 g/mol. The molecule has 528 valence electrons. The molecule has 0 saturated heterocycles. The van der Waals surface area contributed by atoms with E-state index >= 15 is 0 Å². The monoisotopic (exact) mass is 1430 g/mol. The SMILES string of the molecule is CC(C)=O.CC(C)=O.CCc1c(C[n+]2cccc(NC(=O)Nc3ccc(C)cc3)c2)c(CC)c(C[n+]2cccc(NC(=O)Nc3ccc(C)cc3)c2)c(CC)c1C[n+]1cccc(NC(=O)Nc2ccc(C)cc2)c1.F[P-](F)(F)(F)(F)F.F[P-](F)(F)(F)(F)F.F[P-](F)(F)(F)(F)F. The van der Waals surface area contributed by atoms with Gasteiger partial charge >= 0.3 is 117 Å². The molecule has 6 amide bonds. The molecule has 0 aliphatic rings. The van der Waals surface area contributed by atoms with E-state index in [1.807, 2.05) is 167 Å². The van der Waals surface area contributed by atoms with Crippen molar-refractivity contribution in [1.82, 2.24) is 0 Å². The third-order valence-electron chi connectivity index (χ3n) is 11.5. The zero-order valence-corrected chi connectivity index (χ0v) is 55.3. The normalized spacial score (nSPS) is 13.2. The summed E-state index contributed by atoms with van der Waals surface area (Å²) >= 11 is 0. The number of nitrogens with zero attached hydrogens (tertiary/aromatic N) is 3. The van der Waals surface area contributed by atoms with E-state index < -0.39 is 23.4 Å². The Labute approximate surface area is 535 Å². The molecule has 0 spiro atoms. The van der Waals surface area contributed by atoms with Crippen LogP contribution in [0.3, 0.4) is 0 Å². The Morgan fingerprint density at radius 2 is 0.474 bits per heavy atom. The fourth-order valence-electron chi connectivity index (χ4n) is 8.37. The van der Waals surface area contributed by atoms with Crippen LogP contribution in [0.2, 0.25) is 0 Å². The minimum atomic E-state index is -10.7. The summed E-state index contributed by atoms with van der Waals surface area (Å²) in [5.74, 6) is 0.333. The number of aromatic nitrogens is 3. The van der Waals surface area contributed by atoms with Crippen LogP contribution >= 0.6 is 23.4 Å². The number of aryl methyl sites for hydroxylation is 3. The Bertz CT molecular complexity index is 3370. The predicted octanol–water partition coefficient (Wildman–Crippen LogP) is 21.6. The summed E-state index contributed by atoms with van der Waals surface area (Å²) < 4.78 is 184. The Morgan fingerprint density at radius 3 is 0.642 bits per heavy atom. The van der Waals surface area contributed by atoms with Gasteiger partial charge in [0, 0.05) is 52.0 Å². The Hall–Kier alpha value is -8.49. The van der Waals surface area contributed by atoms with Crippen molar-refractivity contribution in [2.75, 3.05) is 31.9 Å². The van der Waals surface area contributed by atoms with Crippen LogP contribution in [0.15, 0.2) is 146 Å². The standard InChI is InChI=1S/C54H57N9O3.2C3H6O.3F6P/c1-7-46-49(34-61-28-10-13-43(31-61)58-52(64)55-40-22-16-37(4)17-23-40)47(8-2)51(36-63-30-12-15-45(33-63)60-54(66)57-42-26-20-39(6)21-27-42)48(9-3)50(46)35-62-29-11-14-44(32-62)59-53(65)56-41-24-18-38(5)19-25-41;2*1-3(2)4;3*1-7(2,3,4,5)6/h10-33H,7-9,34-36H2,1-6H3,(H3-3,55,56,57,58,59,60,64,65,66);2*1-2H3;;;/q;;;3*-1/p+3. The van der Waals surface area contributed by atoms with Gasteiger partial charge in [-0.15, -0.1) is 0 Å². The van der Waals surface area contributed by atoms with Gasteiger partial charge in [-0.25, -0.2) is 14.4 Å². The number of urea groups is 3. The van der Waals surface area contributed by atoms with Gasteiger partial charge in [0.15, 0.2) is 56.8 Å². The number of benzene rings is 4. The summed E-state index contributed by atoms with van der Waals surface area (Å²) in [5, 5.41) is 17.9. The van der Waals surface area contributed by atoms with Crippen molar-refractivity contribution in [3.8, 4) is 0 Å². The van der Waals surface area contributed by atoms with Crippen LogP contribution in [-0.2, 0) is 48.5 Å². The van der Waals surface area contributed by atoms with E-state index in [0.29, 0.717) is 53.8 Å². The van der Waals surface area contributed by atoms with E-state index in [9.17, 15) is 99.5 Å². The van der Waals surface area contributed by atoms with E-state index in [4.69, 9.17) is 0 Å². The first-order valence-corrected chi connectivity index (χ1v) is 34.1. The van der Waals surface area contributed by atoms with E-state index in [2.05, 4.69) is 66.4 Å². The van der Waals surface area contributed by atoms with E-state index in [1.54, 1.807) is 0 Å². The van der Waals surface area contributed by atoms with Crippen LogP contribution in [0.25, 0.3) is 0 Å². The number of rotatable bonds is 15. The first-order chi connectivity index (χ1) is 42.8. The number of hydrogen-bond acceptors (Lipinski definition) is 5. The predicted molar refractivity (Wildman–Crippen MR) is 337 cm³/mol. The van der Waals surface area contributed by atoms with Crippen molar-refractivity contribution >= 4 is 87.2 Å². The fraction of sp³-hybridized carbons (Fsp3) is 0.267. The molecule has 0 radical (unpaired) electrons. The second-order valence-corrected chi connectivity index (χ2v) is 27.0. The molecule has 7 aromatic rings. The molecule has 0 aliphatic carbocycles. The van der Waals surface area contributed by atoms with Gasteiger partial charge in [0.2, 0.25) is 0 Å². The molecule has 14 nitrogen and oxygen atoms in total. The number of carbonyl (C=O) groups is 5. The number of ketones is 2. The molecule has 0 saturated carbocycles. The molecule has 0 unspecified atom stereocenters. The molecule has 3 aromatic heterocycles. The van der Waals surface area contributed by atoms with Crippen molar-refractivity contribution in [3.63, 3.8) is 0 Å². The molecule has 95 heavy (non-hydrogen) atoms. The van der Waals surface area contributed by atoms with Crippen LogP contribution in [-0.4, -0.2) is 29.7 Å². The number of hydrogen-bond donors (Lipinski definition) is 6. The third kappa shape index (κ3) is 43.2. The van der Waals surface area contributed by atoms with Crippen molar-refractivity contribution in [2.45, 2.75) is 108 Å². The summed E-state index contributed by atoms with van der Waals surface area (Å²) in [6.07, 6.45) is 14.4. The number of Topliss-reactive ketones (excluding diaryl/α,β-unsaturated/α-hetero) is 2. The second kappa shape index (κ2) is 30.5. The molecule has 0 fully saturated rings. The molecule has 6 N–H and O–H groups in total. The topological polar surface area (TPSA) is 169 Å². The van der Waals surface area contributed by atoms with Crippen LogP contribution < -0.4 is 45.6 Å². The van der Waals surface area contributed by atoms with Gasteiger partial charge in [-0.3, -0.25) is 0 Å². The van der Waals surface area contributed by atoms with Crippen molar-refractivity contribution in [2.24, 2.45) is 0 Å². The van der Waals surface area contributed by atoms with Crippen molar-refractivity contribution in [3.05, 3.63) is 196 Å². The summed E-state index contributed by atoms with van der Waals surface area (Å²) in [6.45, 7) is 20.5. The van der Waals surface area contributed by atoms with Gasteiger partial charge < -0.3 is 41.5 Å². The maximum atomic E-state index is 13.1. The van der Waals surface area contributed by atoms with Gasteiger partial charge in [-0.05, 0) is 139 Å². The Morgan fingerprint density at radius 1 is 0.305 bits per heavy atom. The van der Waals surface area contributed by atoms with Crippen molar-refractivity contribution < 1.29 is 113 Å². The van der Waals surface area contributed by atoms with Crippen LogP contribution in [0, 0.1) is 20.8 Å². The quantitative estimate of drug-likeness (QED) is 0.0341. The van der Waals surface area contributed by atoms with Gasteiger partial charge in [0.1, 0.15) is 28.6 Å². The Balaban J connectivity index is 0.000000881. The maximum absolute atomic E-state index is 13.1. The molecule has 4 aromatic carbocycles. The number of amides is 6. The first-order valence-electron chi connectivity index (χ1n) is 28.0. The van der Waals surface area contributed by atoms with E-state index in [-0.39, 0.29) is 29.7 Å². The number of carbonyl (C=O) groups excluding carboxylic acids is 5. The zero-order chi connectivity index (χ0) is 73.0. The number of halogens is 18. The zero-order valence-electron chi connectivity index (χ0n) is 52.6. The van der Waals surface area contributed by atoms with Gasteiger partial charge in [-0.2, -0.15) is 13.7 Å². The molecule has 7 rings (SSSR count). The number of anilines is 6. The summed E-state index contributed by atoms with van der Waals surface area (Å²) in [5.41, 5.74) is 15.0. The third-order valence-corrected chi connectivity index (χ3v) is 11.5. The van der Waals surface area contributed by atoms with Crippen LogP contribution in [0.5, 0.6) is 0 Å². The molecular formula is C60H72F18N9O5P3. The van der Waals surface area contributed by atoms with Crippen LogP contribution in [0.4, 0.5) is 124 Å². The molecular weight excluding hydrogens is 1360 g/mol.